The van der Waals surface area contributed by atoms with E-state index in [1.54, 1.807) is 18.2 Å². The van der Waals surface area contributed by atoms with E-state index in [9.17, 15) is 4.79 Å². The number of ether oxygens (including phenoxy) is 2. The quantitative estimate of drug-likeness (QED) is 0.609. The Balaban J connectivity index is 2.15. The fourth-order valence-corrected chi connectivity index (χ4v) is 2.10. The molecule has 0 radical (unpaired) electrons. The van der Waals surface area contributed by atoms with E-state index >= 15 is 0 Å². The Labute approximate surface area is 106 Å². The lowest BCUT2D eigenvalue weighted by Crippen LogP contribution is -2.00. The molecular formula is C12H6N4O3. The van der Waals surface area contributed by atoms with Crippen LogP contribution in [0.5, 0.6) is 11.5 Å². The Kier molecular flexibility index (Phi) is 1.85. The fourth-order valence-electron chi connectivity index (χ4n) is 2.10. The summed E-state index contributed by atoms with van der Waals surface area (Å²) in [5.74, 6) is 1.16. The van der Waals surface area contributed by atoms with Crippen LogP contribution in [0.4, 0.5) is 0 Å². The lowest BCUT2D eigenvalue weighted by atomic mass is 10.1. The van der Waals surface area contributed by atoms with Crippen LogP contribution in [0.1, 0.15) is 10.4 Å². The van der Waals surface area contributed by atoms with Crippen molar-refractivity contribution >= 4 is 22.8 Å². The lowest BCUT2D eigenvalue weighted by Gasteiger charge is -2.13. The second kappa shape index (κ2) is 3.52. The first-order valence-corrected chi connectivity index (χ1v) is 5.49. The summed E-state index contributed by atoms with van der Waals surface area (Å²) in [6.07, 6.45) is 3.62. The first kappa shape index (κ1) is 10.0. The van der Waals surface area contributed by atoms with E-state index < -0.39 is 0 Å². The number of hydrogen-bond acceptors (Lipinski definition) is 6. The molecule has 7 heteroatoms. The molecule has 92 valence electrons. The second-order valence-electron chi connectivity index (χ2n) is 4.00. The van der Waals surface area contributed by atoms with Crippen molar-refractivity contribution in [3.05, 3.63) is 36.3 Å². The summed E-state index contributed by atoms with van der Waals surface area (Å²) in [5, 5.41) is 12.1. The van der Waals surface area contributed by atoms with Gasteiger partial charge >= 0.3 is 0 Å². The van der Waals surface area contributed by atoms with Gasteiger partial charge in [-0.15, -0.1) is 5.10 Å². The monoisotopic (exact) mass is 254 g/mol. The van der Waals surface area contributed by atoms with Crippen LogP contribution in [-0.2, 0) is 0 Å². The number of benzene rings is 1. The van der Waals surface area contributed by atoms with Gasteiger partial charge in [0.05, 0.1) is 11.1 Å². The first-order chi connectivity index (χ1) is 9.36. The number of aldehydes is 1. The molecule has 0 saturated heterocycles. The maximum Gasteiger partial charge on any atom is 0.190 e. The summed E-state index contributed by atoms with van der Waals surface area (Å²) >= 11 is 0. The highest BCUT2D eigenvalue weighted by Gasteiger charge is 2.15. The Morgan fingerprint density at radius 1 is 1.11 bits per heavy atom. The minimum Gasteiger partial charge on any atom is -0.458 e. The Hall–Kier alpha value is -2.96. The van der Waals surface area contributed by atoms with Gasteiger partial charge in [-0.05, 0) is 22.6 Å². The third kappa shape index (κ3) is 1.32. The van der Waals surface area contributed by atoms with Crippen molar-refractivity contribution in [1.29, 1.82) is 0 Å². The molecule has 1 aromatic carbocycles. The van der Waals surface area contributed by atoms with Crippen LogP contribution in [-0.4, -0.2) is 26.3 Å². The van der Waals surface area contributed by atoms with E-state index in [-0.39, 0.29) is 0 Å². The molecule has 0 unspecified atom stereocenters. The minimum absolute atomic E-state index is 0.412. The van der Waals surface area contributed by atoms with Crippen molar-refractivity contribution in [3.8, 4) is 11.5 Å². The SMILES string of the molecule is O=Cc1cc2cc3c(cc2n2nnnc12)OC=CO3. The maximum atomic E-state index is 11.1. The van der Waals surface area contributed by atoms with Gasteiger partial charge in [0.15, 0.2) is 23.4 Å². The van der Waals surface area contributed by atoms with Crippen LogP contribution < -0.4 is 9.47 Å². The van der Waals surface area contributed by atoms with Crippen LogP contribution >= 0.6 is 0 Å². The lowest BCUT2D eigenvalue weighted by molar-refractivity contribution is 0.112. The van der Waals surface area contributed by atoms with Crippen LogP contribution in [0.15, 0.2) is 30.7 Å². The average Bonchev–Trinajstić information content (AvgIpc) is 2.94. The maximum absolute atomic E-state index is 11.1. The average molecular weight is 254 g/mol. The molecule has 3 heterocycles. The topological polar surface area (TPSA) is 78.6 Å². The molecule has 0 fully saturated rings. The van der Waals surface area contributed by atoms with E-state index in [4.69, 9.17) is 9.47 Å². The van der Waals surface area contributed by atoms with Gasteiger partial charge in [-0.1, -0.05) is 0 Å². The number of hydrogen-bond donors (Lipinski definition) is 0. The smallest absolute Gasteiger partial charge is 0.190 e. The zero-order valence-electron chi connectivity index (χ0n) is 9.48. The van der Waals surface area contributed by atoms with E-state index in [2.05, 4.69) is 15.5 Å². The highest BCUT2D eigenvalue weighted by atomic mass is 16.5. The predicted octanol–water partition coefficient (Wildman–Crippen LogP) is 1.33. The number of aromatic nitrogens is 4. The van der Waals surface area contributed by atoms with Crippen molar-refractivity contribution < 1.29 is 14.3 Å². The van der Waals surface area contributed by atoms with Gasteiger partial charge in [0.2, 0.25) is 0 Å². The zero-order valence-corrected chi connectivity index (χ0v) is 9.48. The Morgan fingerprint density at radius 2 is 1.89 bits per heavy atom. The number of rotatable bonds is 1. The molecule has 3 aromatic rings. The van der Waals surface area contributed by atoms with E-state index in [1.807, 2.05) is 0 Å². The summed E-state index contributed by atoms with van der Waals surface area (Å²) in [5.41, 5.74) is 1.57. The minimum atomic E-state index is 0.412. The van der Waals surface area contributed by atoms with Gasteiger partial charge in [-0.25, -0.2) is 0 Å². The van der Waals surface area contributed by atoms with Crippen molar-refractivity contribution in [3.63, 3.8) is 0 Å². The molecule has 0 bridgehead atoms. The zero-order chi connectivity index (χ0) is 12.8. The number of pyridine rings is 1. The molecule has 0 aliphatic carbocycles. The van der Waals surface area contributed by atoms with E-state index in [1.165, 1.54) is 17.0 Å². The Bertz CT molecular complexity index is 853. The molecule has 4 rings (SSSR count). The van der Waals surface area contributed by atoms with E-state index in [0.717, 1.165) is 17.2 Å². The summed E-state index contributed by atoms with van der Waals surface area (Å²) in [7, 11) is 0. The molecule has 1 aliphatic heterocycles. The number of tetrazole rings is 1. The highest BCUT2D eigenvalue weighted by molar-refractivity contribution is 5.94. The second-order valence-corrected chi connectivity index (χ2v) is 4.00. The summed E-state index contributed by atoms with van der Waals surface area (Å²) in [6, 6.07) is 5.27. The van der Waals surface area contributed by atoms with Crippen LogP contribution in [0.2, 0.25) is 0 Å². The highest BCUT2D eigenvalue weighted by Crippen LogP contribution is 2.35. The molecule has 1 aliphatic rings. The third-order valence-electron chi connectivity index (χ3n) is 2.93. The van der Waals surface area contributed by atoms with Gasteiger partial charge in [-0.3, -0.25) is 4.79 Å². The number of carbonyl (C=O) groups excluding carboxylic acids is 1. The van der Waals surface area contributed by atoms with Gasteiger partial charge in [-0.2, -0.15) is 4.52 Å². The van der Waals surface area contributed by atoms with Gasteiger partial charge in [0.25, 0.3) is 0 Å². The summed E-state index contributed by atoms with van der Waals surface area (Å²) < 4.78 is 12.2. The van der Waals surface area contributed by atoms with Crippen molar-refractivity contribution in [2.75, 3.05) is 0 Å². The standard InChI is InChI=1S/C12H6N4O3/c17-6-8-3-7-4-10-11(19-2-1-18-10)5-9(7)16-12(8)13-14-15-16/h1-6H. The number of fused-ring (bicyclic) bond motifs is 4. The third-order valence-corrected chi connectivity index (χ3v) is 2.93. The van der Waals surface area contributed by atoms with Crippen molar-refractivity contribution in [2.24, 2.45) is 0 Å². The molecular weight excluding hydrogens is 248 g/mol. The molecule has 0 spiro atoms. The van der Waals surface area contributed by atoms with E-state index in [0.29, 0.717) is 22.7 Å². The molecule has 0 atom stereocenters. The molecule has 0 N–H and O–H groups in total. The Morgan fingerprint density at radius 3 is 2.68 bits per heavy atom. The van der Waals surface area contributed by atoms with Crippen molar-refractivity contribution in [2.45, 2.75) is 0 Å². The van der Waals surface area contributed by atoms with Gasteiger partial charge in [0.1, 0.15) is 12.5 Å². The fraction of sp³-hybridized carbons (Fsp3) is 0. The normalized spacial score (nSPS) is 13.1. The van der Waals surface area contributed by atoms with Gasteiger partial charge in [0, 0.05) is 11.5 Å². The van der Waals surface area contributed by atoms with Crippen LogP contribution in [0.3, 0.4) is 0 Å². The molecule has 7 nitrogen and oxygen atoms in total. The molecule has 2 aromatic heterocycles. The van der Waals surface area contributed by atoms with Crippen LogP contribution in [0.25, 0.3) is 16.6 Å². The molecule has 0 saturated carbocycles. The summed E-state index contributed by atoms with van der Waals surface area (Å²) in [6.45, 7) is 0. The van der Waals surface area contributed by atoms with Crippen molar-refractivity contribution in [1.82, 2.24) is 20.0 Å². The number of carbonyl (C=O) groups is 1. The summed E-state index contributed by atoms with van der Waals surface area (Å²) in [4.78, 5) is 11.1. The first-order valence-electron chi connectivity index (χ1n) is 5.49. The predicted molar refractivity (Wildman–Crippen MR) is 64.1 cm³/mol. The van der Waals surface area contributed by atoms with Gasteiger partial charge < -0.3 is 9.47 Å². The molecule has 19 heavy (non-hydrogen) atoms. The molecule has 0 amide bonds. The van der Waals surface area contributed by atoms with Crippen LogP contribution in [0, 0.1) is 0 Å². The largest absolute Gasteiger partial charge is 0.458 e. The number of nitrogens with zero attached hydrogens (tertiary/aromatic N) is 4.